The lowest BCUT2D eigenvalue weighted by atomic mass is 9.96. The molecule has 3 aliphatic rings. The molecule has 1 amide bonds. The second-order valence-corrected chi connectivity index (χ2v) is 28.8. The van der Waals surface area contributed by atoms with Gasteiger partial charge in [0.2, 0.25) is 5.91 Å². The summed E-state index contributed by atoms with van der Waals surface area (Å²) in [5, 5.41) is 121. The Labute approximate surface area is 639 Å². The summed E-state index contributed by atoms with van der Waals surface area (Å²) in [5.41, 5.74) is 0. The van der Waals surface area contributed by atoms with Gasteiger partial charge in [-0.05, 0) is 109 Å². The number of unbranched alkanes of at least 4 members (excludes halogenated alkanes) is 28. The second-order valence-electron chi connectivity index (χ2n) is 28.8. The van der Waals surface area contributed by atoms with Gasteiger partial charge in [0.1, 0.15) is 73.2 Å². The molecule has 0 aromatic carbocycles. The van der Waals surface area contributed by atoms with Crippen molar-refractivity contribution in [3.05, 3.63) is 134 Å². The van der Waals surface area contributed by atoms with Crippen LogP contribution in [0.15, 0.2) is 134 Å². The lowest BCUT2D eigenvalue weighted by Gasteiger charge is -2.48. The molecule has 17 atom stereocenters. The summed E-state index contributed by atoms with van der Waals surface area (Å²) in [6.07, 6.45) is 67.2. The van der Waals surface area contributed by atoms with Crippen LogP contribution in [0.1, 0.15) is 277 Å². The summed E-state index contributed by atoms with van der Waals surface area (Å²) in [7, 11) is 0. The fourth-order valence-corrected chi connectivity index (χ4v) is 13.1. The highest BCUT2D eigenvalue weighted by Gasteiger charge is 2.54. The van der Waals surface area contributed by atoms with Crippen molar-refractivity contribution in [2.24, 2.45) is 0 Å². The van der Waals surface area contributed by atoms with Crippen molar-refractivity contribution in [1.82, 2.24) is 5.32 Å². The number of carbonyl (C=O) groups excluding carboxylic acids is 1. The summed E-state index contributed by atoms with van der Waals surface area (Å²) in [4.78, 5) is 13.5. The summed E-state index contributed by atoms with van der Waals surface area (Å²) < 4.78 is 34.4. The standard InChI is InChI=1S/C87H147NO18/c1-3-5-7-9-11-13-15-17-19-21-23-25-27-29-31-33-34-35-36-37-39-41-43-45-47-49-51-53-55-57-59-61-63-65-75(93)88-70(71(92)64-62-60-58-56-54-52-50-48-46-44-42-40-38-32-30-28-26-24-22-20-18-16-14-12-10-8-6-4-2)69-101-85-81(99)78(96)83(73(67-90)103-85)106-87-82(100)79(97)84(74(68-91)104-87)105-86-80(98)77(95)76(94)72(66-89)102-86/h5,7,11,13,17,19,23,25,29,31,34-35,37,39,43,45-46,48,54,56,62,64,70-74,76-87,89-92,94-100H,3-4,6,8-10,12,14-16,18,20-22,24,26-28,30,32-33,36,38,40-42,44,47,49-53,55,57-61,63,65-69H2,1-2H3,(H,88,93)/b7-5-,13-11-,19-17-,25-23-,31-29-,35-34-,39-37-,45-43-,48-46+,56-54+,64-62+. The SMILES string of the molecule is CC/C=C\C/C=C\C/C=C\C/C=C\C/C=C\C/C=C\C/C=C\C/C=C\CCCCCCCCCCC(=O)NC(COC1OC(CO)C(OC2OC(CO)C(OC3OC(CO)C(O)C(O)C3O)C(O)C2O)C(O)C1O)C(O)/C=C/CC/C=C/CC/C=C/CCCCCCCCCCCCCCCCCCCC. The summed E-state index contributed by atoms with van der Waals surface area (Å²) >= 11 is 0. The number of carbonyl (C=O) groups is 1. The van der Waals surface area contributed by atoms with Gasteiger partial charge in [0.25, 0.3) is 0 Å². The molecule has 0 spiro atoms. The van der Waals surface area contributed by atoms with Crippen molar-refractivity contribution >= 4 is 5.91 Å². The average Bonchev–Trinajstić information content (AvgIpc) is 0.781. The van der Waals surface area contributed by atoms with Gasteiger partial charge in [-0.15, -0.1) is 0 Å². The van der Waals surface area contributed by atoms with Crippen LogP contribution in [0.4, 0.5) is 0 Å². The zero-order chi connectivity index (χ0) is 76.7. The minimum absolute atomic E-state index is 0.213. The molecule has 0 radical (unpaired) electrons. The number of allylic oxidation sites excluding steroid dienone is 21. The zero-order valence-electron chi connectivity index (χ0n) is 65.1. The maximum absolute atomic E-state index is 13.5. The fraction of sp³-hybridized carbons (Fsp3) is 0.736. The van der Waals surface area contributed by atoms with Gasteiger partial charge in [-0.1, -0.05) is 295 Å². The Morgan fingerprint density at radius 1 is 0.349 bits per heavy atom. The number of hydrogen-bond donors (Lipinski definition) is 12. The van der Waals surface area contributed by atoms with Crippen LogP contribution in [0.3, 0.4) is 0 Å². The summed E-state index contributed by atoms with van der Waals surface area (Å²) in [5.74, 6) is -0.302. The van der Waals surface area contributed by atoms with Crippen LogP contribution in [-0.2, 0) is 33.2 Å². The van der Waals surface area contributed by atoms with Gasteiger partial charge in [-0.2, -0.15) is 0 Å². The Hall–Kier alpha value is -4.07. The molecule has 3 heterocycles. The van der Waals surface area contributed by atoms with Crippen LogP contribution in [0.5, 0.6) is 0 Å². The van der Waals surface area contributed by atoms with E-state index in [0.29, 0.717) is 12.8 Å². The second kappa shape index (κ2) is 65.6. The lowest BCUT2D eigenvalue weighted by molar-refractivity contribution is -0.379. The molecule has 3 rings (SSSR count). The Kier molecular flexibility index (Phi) is 59.5. The first kappa shape index (κ1) is 96.1. The molecule has 0 aromatic heterocycles. The van der Waals surface area contributed by atoms with Crippen molar-refractivity contribution < 1.29 is 89.4 Å². The van der Waals surface area contributed by atoms with E-state index in [2.05, 4.69) is 141 Å². The van der Waals surface area contributed by atoms with E-state index in [1.54, 1.807) is 6.08 Å². The minimum atomic E-state index is -1.99. The normalized spacial score (nSPS) is 26.4. The average molecular weight is 1500 g/mol. The molecule has 3 fully saturated rings. The van der Waals surface area contributed by atoms with Crippen LogP contribution < -0.4 is 5.32 Å². The Morgan fingerprint density at radius 3 is 1.06 bits per heavy atom. The molecular weight excluding hydrogens is 1350 g/mol. The van der Waals surface area contributed by atoms with Crippen molar-refractivity contribution in [1.29, 1.82) is 0 Å². The van der Waals surface area contributed by atoms with Crippen molar-refractivity contribution in [3.63, 3.8) is 0 Å². The van der Waals surface area contributed by atoms with Crippen molar-refractivity contribution in [2.45, 2.75) is 381 Å². The molecule has 0 saturated carbocycles. The van der Waals surface area contributed by atoms with Crippen LogP contribution >= 0.6 is 0 Å². The van der Waals surface area contributed by atoms with E-state index in [0.717, 1.165) is 122 Å². The number of ether oxygens (including phenoxy) is 6. The number of nitrogens with one attached hydrogen (secondary N) is 1. The Balaban J connectivity index is 1.40. The van der Waals surface area contributed by atoms with Gasteiger partial charge in [0.15, 0.2) is 18.9 Å². The minimum Gasteiger partial charge on any atom is -0.394 e. The predicted octanol–water partition coefficient (Wildman–Crippen LogP) is 14.4. The third-order valence-corrected chi connectivity index (χ3v) is 19.7. The Morgan fingerprint density at radius 2 is 0.660 bits per heavy atom. The van der Waals surface area contributed by atoms with E-state index < -0.39 is 124 Å². The first-order valence-corrected chi connectivity index (χ1v) is 41.4. The molecule has 608 valence electrons. The maximum atomic E-state index is 13.5. The first-order chi connectivity index (χ1) is 51.8. The lowest BCUT2D eigenvalue weighted by Crippen LogP contribution is -2.66. The van der Waals surface area contributed by atoms with Crippen molar-refractivity contribution in [2.75, 3.05) is 26.4 Å². The van der Waals surface area contributed by atoms with Gasteiger partial charge >= 0.3 is 0 Å². The van der Waals surface area contributed by atoms with Gasteiger partial charge in [-0.25, -0.2) is 0 Å². The molecular formula is C87H147NO18. The van der Waals surface area contributed by atoms with Crippen molar-refractivity contribution in [3.8, 4) is 0 Å². The van der Waals surface area contributed by atoms with E-state index in [1.807, 2.05) is 6.08 Å². The predicted molar refractivity (Wildman–Crippen MR) is 424 cm³/mol. The van der Waals surface area contributed by atoms with Gasteiger partial charge < -0.3 is 89.9 Å². The quantitative estimate of drug-likeness (QED) is 0.0199. The smallest absolute Gasteiger partial charge is 0.220 e. The molecule has 106 heavy (non-hydrogen) atoms. The van der Waals surface area contributed by atoms with Crippen LogP contribution in [0.25, 0.3) is 0 Å². The third-order valence-electron chi connectivity index (χ3n) is 19.7. The third kappa shape index (κ3) is 44.7. The zero-order valence-corrected chi connectivity index (χ0v) is 65.1. The van der Waals surface area contributed by atoms with Gasteiger partial charge in [-0.3, -0.25) is 4.79 Å². The molecule has 0 aliphatic carbocycles. The molecule has 19 heteroatoms. The molecule has 0 aromatic rings. The topological polar surface area (TPSA) is 307 Å². The molecule has 17 unspecified atom stereocenters. The van der Waals surface area contributed by atoms with E-state index in [-0.39, 0.29) is 18.9 Å². The number of hydrogen-bond acceptors (Lipinski definition) is 18. The first-order valence-electron chi connectivity index (χ1n) is 41.4. The number of aliphatic hydroxyl groups is 11. The van der Waals surface area contributed by atoms with E-state index >= 15 is 0 Å². The van der Waals surface area contributed by atoms with Crippen LogP contribution in [-0.4, -0.2) is 193 Å². The number of amides is 1. The van der Waals surface area contributed by atoms with Gasteiger partial charge in [0, 0.05) is 6.42 Å². The fourth-order valence-electron chi connectivity index (χ4n) is 13.1. The Bertz CT molecular complexity index is 2440. The van der Waals surface area contributed by atoms with E-state index in [9.17, 15) is 61.0 Å². The molecule has 3 saturated heterocycles. The van der Waals surface area contributed by atoms with E-state index in [1.165, 1.54) is 122 Å². The number of rotatable bonds is 64. The van der Waals surface area contributed by atoms with Crippen LogP contribution in [0.2, 0.25) is 0 Å². The molecule has 3 aliphatic heterocycles. The van der Waals surface area contributed by atoms with E-state index in [4.69, 9.17) is 28.4 Å². The maximum Gasteiger partial charge on any atom is 0.220 e. The highest BCUT2D eigenvalue weighted by atomic mass is 16.8. The summed E-state index contributed by atoms with van der Waals surface area (Å²) in [6.45, 7) is 1.60. The summed E-state index contributed by atoms with van der Waals surface area (Å²) in [6, 6.07) is -1.01. The highest BCUT2D eigenvalue weighted by Crippen LogP contribution is 2.33. The molecule has 12 N–H and O–H groups in total. The largest absolute Gasteiger partial charge is 0.394 e. The van der Waals surface area contributed by atoms with Gasteiger partial charge in [0.05, 0.1) is 38.6 Å². The highest BCUT2D eigenvalue weighted by molar-refractivity contribution is 5.76. The monoisotopic (exact) mass is 1490 g/mol. The number of aliphatic hydroxyl groups excluding tert-OH is 11. The molecule has 0 bridgehead atoms. The van der Waals surface area contributed by atoms with Crippen LogP contribution in [0, 0.1) is 0 Å². The molecule has 19 nitrogen and oxygen atoms in total.